The maximum atomic E-state index is 11.2. The number of rotatable bonds is 5. The van der Waals surface area contributed by atoms with Crippen molar-refractivity contribution in [1.82, 2.24) is 0 Å². The van der Waals surface area contributed by atoms with Crippen LogP contribution in [0.2, 0.25) is 0 Å². The van der Waals surface area contributed by atoms with Crippen molar-refractivity contribution >= 4 is 27.9 Å². The summed E-state index contributed by atoms with van der Waals surface area (Å²) in [7, 11) is 0. The van der Waals surface area contributed by atoms with E-state index in [0.29, 0.717) is 5.56 Å². The van der Waals surface area contributed by atoms with E-state index in [2.05, 4.69) is 6.92 Å². The fraction of sp³-hybridized carbons (Fsp3) is 0.455. The van der Waals surface area contributed by atoms with E-state index in [4.69, 9.17) is 16.7 Å². The normalized spacial score (nSPS) is 9.94. The van der Waals surface area contributed by atoms with E-state index >= 15 is 0 Å². The van der Waals surface area contributed by atoms with Crippen molar-refractivity contribution in [3.05, 3.63) is 10.4 Å². The monoisotopic (exact) mass is 252 g/mol. The predicted molar refractivity (Wildman–Crippen MR) is 70.1 cm³/mol. The second kappa shape index (κ2) is 5.55. The smallest absolute Gasteiger partial charge is 0.261 e. The number of thiophene rings is 1. The number of amides is 1. The van der Waals surface area contributed by atoms with E-state index < -0.39 is 5.91 Å². The number of anilines is 2. The minimum atomic E-state index is -0.581. The highest BCUT2D eigenvalue weighted by Gasteiger charge is 2.22. The second-order valence-corrected chi connectivity index (χ2v) is 4.58. The molecule has 1 aromatic heterocycles. The lowest BCUT2D eigenvalue weighted by Gasteiger charge is -2.20. The number of hydrogen-bond donors (Lipinski definition) is 2. The van der Waals surface area contributed by atoms with Crippen LogP contribution in [0.5, 0.6) is 0 Å². The number of nitriles is 1. The van der Waals surface area contributed by atoms with Gasteiger partial charge in [0.1, 0.15) is 21.5 Å². The van der Waals surface area contributed by atoms with E-state index in [9.17, 15) is 4.79 Å². The topological polar surface area (TPSA) is 96.1 Å². The van der Waals surface area contributed by atoms with Crippen molar-refractivity contribution in [3.8, 4) is 6.07 Å². The number of primary amides is 1. The molecule has 0 aliphatic heterocycles. The van der Waals surface area contributed by atoms with Crippen LogP contribution in [0.25, 0.3) is 0 Å². The van der Waals surface area contributed by atoms with E-state index in [1.807, 2.05) is 17.9 Å². The van der Waals surface area contributed by atoms with Gasteiger partial charge in [0.2, 0.25) is 0 Å². The van der Waals surface area contributed by atoms with Crippen LogP contribution in [0, 0.1) is 11.3 Å². The summed E-state index contributed by atoms with van der Waals surface area (Å²) >= 11 is 1.20. The first-order valence-electron chi connectivity index (χ1n) is 5.43. The van der Waals surface area contributed by atoms with Gasteiger partial charge < -0.3 is 16.4 Å². The molecule has 92 valence electrons. The molecule has 17 heavy (non-hydrogen) atoms. The Morgan fingerprint density at radius 1 is 1.53 bits per heavy atom. The molecular weight excluding hydrogens is 236 g/mol. The summed E-state index contributed by atoms with van der Waals surface area (Å²) < 4.78 is 0. The number of nitrogens with two attached hydrogens (primary N) is 2. The van der Waals surface area contributed by atoms with Gasteiger partial charge in [0, 0.05) is 13.1 Å². The molecule has 0 fully saturated rings. The summed E-state index contributed by atoms with van der Waals surface area (Å²) in [6, 6.07) is 2.05. The van der Waals surface area contributed by atoms with Gasteiger partial charge in [0.05, 0.1) is 5.69 Å². The van der Waals surface area contributed by atoms with Gasteiger partial charge in [0.25, 0.3) is 5.91 Å². The van der Waals surface area contributed by atoms with Gasteiger partial charge in [-0.3, -0.25) is 4.79 Å². The zero-order valence-corrected chi connectivity index (χ0v) is 10.8. The summed E-state index contributed by atoms with van der Waals surface area (Å²) in [5, 5.41) is 9.84. The SMILES string of the molecule is CCCN(CC)c1sc(C(N)=O)c(N)c1C#N. The van der Waals surface area contributed by atoms with Crippen LogP contribution in [0.15, 0.2) is 0 Å². The Morgan fingerprint density at radius 2 is 2.18 bits per heavy atom. The standard InChI is InChI=1S/C11H16N4OS/c1-3-5-15(4-2)11-7(6-12)8(13)9(17-11)10(14)16/h3-5,13H2,1-2H3,(H2,14,16). The molecule has 0 bridgehead atoms. The number of nitrogen functional groups attached to an aromatic ring is 1. The second-order valence-electron chi connectivity index (χ2n) is 3.58. The molecule has 0 spiro atoms. The largest absolute Gasteiger partial charge is 0.396 e. The molecule has 0 atom stereocenters. The average Bonchev–Trinajstić information content (AvgIpc) is 2.63. The van der Waals surface area contributed by atoms with E-state index in [1.54, 1.807) is 0 Å². The van der Waals surface area contributed by atoms with Crippen LogP contribution >= 0.6 is 11.3 Å². The van der Waals surface area contributed by atoms with Gasteiger partial charge in [-0.15, -0.1) is 11.3 Å². The van der Waals surface area contributed by atoms with Gasteiger partial charge >= 0.3 is 0 Å². The van der Waals surface area contributed by atoms with Gasteiger partial charge in [-0.2, -0.15) is 5.26 Å². The van der Waals surface area contributed by atoms with Crippen LogP contribution in [0.4, 0.5) is 10.7 Å². The lowest BCUT2D eigenvalue weighted by atomic mass is 10.2. The molecule has 0 aromatic carbocycles. The van der Waals surface area contributed by atoms with Gasteiger partial charge in [0.15, 0.2) is 0 Å². The fourth-order valence-corrected chi connectivity index (χ4v) is 2.73. The zero-order valence-electron chi connectivity index (χ0n) is 9.99. The highest BCUT2D eigenvalue weighted by atomic mass is 32.1. The number of carbonyl (C=O) groups is 1. The number of nitrogens with zero attached hydrogens (tertiary/aromatic N) is 2. The van der Waals surface area contributed by atoms with Gasteiger partial charge in [-0.25, -0.2) is 0 Å². The summed E-state index contributed by atoms with van der Waals surface area (Å²) in [6.45, 7) is 5.64. The lowest BCUT2D eigenvalue weighted by Crippen LogP contribution is -2.23. The molecule has 5 nitrogen and oxygen atoms in total. The molecule has 0 aliphatic rings. The third-order valence-electron chi connectivity index (χ3n) is 2.42. The molecule has 0 unspecified atom stereocenters. The van der Waals surface area contributed by atoms with Crippen LogP contribution in [-0.4, -0.2) is 19.0 Å². The average molecular weight is 252 g/mol. The fourth-order valence-electron chi connectivity index (χ4n) is 1.62. The van der Waals surface area contributed by atoms with E-state index in [-0.39, 0.29) is 10.6 Å². The molecule has 1 aromatic rings. The Hall–Kier alpha value is -1.74. The summed E-state index contributed by atoms with van der Waals surface area (Å²) in [6.07, 6.45) is 0.961. The Labute approximate surface area is 105 Å². The van der Waals surface area contributed by atoms with Crippen LogP contribution in [-0.2, 0) is 0 Å². The molecule has 1 heterocycles. The first-order chi connectivity index (χ1) is 8.06. The van der Waals surface area contributed by atoms with Gasteiger partial charge in [-0.05, 0) is 13.3 Å². The molecule has 6 heteroatoms. The maximum absolute atomic E-state index is 11.2. The Balaban J connectivity index is 3.28. The molecule has 1 rings (SSSR count). The molecule has 4 N–H and O–H groups in total. The Morgan fingerprint density at radius 3 is 2.59 bits per heavy atom. The highest BCUT2D eigenvalue weighted by molar-refractivity contribution is 7.19. The lowest BCUT2D eigenvalue weighted by molar-refractivity contribution is 0.100. The minimum absolute atomic E-state index is 0.203. The van der Waals surface area contributed by atoms with Gasteiger partial charge in [-0.1, -0.05) is 6.92 Å². The van der Waals surface area contributed by atoms with E-state index in [1.165, 1.54) is 11.3 Å². The van der Waals surface area contributed by atoms with Crippen molar-refractivity contribution in [2.75, 3.05) is 23.7 Å². The molecule has 0 aliphatic carbocycles. The predicted octanol–water partition coefficient (Wildman–Crippen LogP) is 1.54. The van der Waals surface area contributed by atoms with Crippen molar-refractivity contribution in [1.29, 1.82) is 5.26 Å². The molecule has 0 saturated heterocycles. The summed E-state index contributed by atoms with van der Waals surface area (Å²) in [5.74, 6) is -0.581. The third kappa shape index (κ3) is 2.50. The molecule has 1 amide bonds. The first kappa shape index (κ1) is 13.3. The van der Waals surface area contributed by atoms with Crippen LogP contribution < -0.4 is 16.4 Å². The first-order valence-corrected chi connectivity index (χ1v) is 6.25. The third-order valence-corrected chi connectivity index (χ3v) is 3.71. The van der Waals surface area contributed by atoms with E-state index in [0.717, 1.165) is 24.5 Å². The van der Waals surface area contributed by atoms with Crippen molar-refractivity contribution in [3.63, 3.8) is 0 Å². The Kier molecular flexibility index (Phi) is 4.35. The molecule has 0 saturated carbocycles. The number of carbonyl (C=O) groups excluding carboxylic acids is 1. The van der Waals surface area contributed by atoms with Crippen LogP contribution in [0.3, 0.4) is 0 Å². The Bertz CT molecular complexity index is 461. The van der Waals surface area contributed by atoms with Crippen LogP contribution in [0.1, 0.15) is 35.5 Å². The molecule has 0 radical (unpaired) electrons. The van der Waals surface area contributed by atoms with Crippen molar-refractivity contribution < 1.29 is 4.79 Å². The van der Waals surface area contributed by atoms with Crippen molar-refractivity contribution in [2.45, 2.75) is 20.3 Å². The summed E-state index contributed by atoms with van der Waals surface area (Å²) in [5.41, 5.74) is 11.6. The number of hydrogen-bond acceptors (Lipinski definition) is 5. The van der Waals surface area contributed by atoms with Crippen molar-refractivity contribution in [2.24, 2.45) is 5.73 Å². The molecular formula is C11H16N4OS. The summed E-state index contributed by atoms with van der Waals surface area (Å²) in [4.78, 5) is 13.5. The quantitative estimate of drug-likeness (QED) is 0.830. The highest BCUT2D eigenvalue weighted by Crippen LogP contribution is 2.37. The zero-order chi connectivity index (χ0) is 13.0. The minimum Gasteiger partial charge on any atom is -0.396 e. The maximum Gasteiger partial charge on any atom is 0.261 e.